The van der Waals surface area contributed by atoms with Gasteiger partial charge >= 0.3 is 0 Å². The summed E-state index contributed by atoms with van der Waals surface area (Å²) in [4.78, 5) is 20.0. The molecule has 1 saturated carbocycles. The molecule has 1 aromatic rings. The summed E-state index contributed by atoms with van der Waals surface area (Å²) in [5.41, 5.74) is 5.40. The number of aliphatic hydroxyl groups excluding tert-OH is 1. The predicted molar refractivity (Wildman–Crippen MR) is 152 cm³/mol. The number of hydrogen-bond acceptors (Lipinski definition) is 6. The zero-order valence-corrected chi connectivity index (χ0v) is 23.7. The lowest BCUT2D eigenvalue weighted by atomic mass is 9.88. The minimum absolute atomic E-state index is 0.0318. The van der Waals surface area contributed by atoms with Crippen molar-refractivity contribution in [2.45, 2.75) is 96.1 Å². The fraction of sp³-hybridized carbons (Fsp3) is 0.643. The Morgan fingerprint density at radius 3 is 2.14 bits per heavy atom. The maximum atomic E-state index is 10.4. The second-order valence-corrected chi connectivity index (χ2v) is 10.5. The number of primary amides is 1. The molecular formula is C28H51N3O3S. The number of benzene rings is 1. The molecule has 3 unspecified atom stereocenters. The van der Waals surface area contributed by atoms with Crippen LogP contribution < -0.4 is 16.4 Å². The molecule has 0 aromatic heterocycles. The summed E-state index contributed by atoms with van der Waals surface area (Å²) in [7, 11) is 1.94. The van der Waals surface area contributed by atoms with E-state index >= 15 is 0 Å². The molecule has 202 valence electrons. The highest BCUT2D eigenvalue weighted by atomic mass is 32.1. The van der Waals surface area contributed by atoms with E-state index in [1.165, 1.54) is 18.4 Å². The van der Waals surface area contributed by atoms with Crippen LogP contribution in [0.5, 0.6) is 0 Å². The molecule has 1 aliphatic rings. The Morgan fingerprint density at radius 2 is 1.80 bits per heavy atom. The third-order valence-corrected chi connectivity index (χ3v) is 6.03. The van der Waals surface area contributed by atoms with Gasteiger partial charge in [-0.3, -0.25) is 4.79 Å². The molecule has 0 heterocycles. The maximum absolute atomic E-state index is 10.4. The molecule has 0 saturated heterocycles. The van der Waals surface area contributed by atoms with Crippen molar-refractivity contribution >= 4 is 25.3 Å². The lowest BCUT2D eigenvalue weighted by molar-refractivity contribution is -0.111. The molecule has 5 N–H and O–H groups in total. The van der Waals surface area contributed by atoms with Gasteiger partial charge in [0.25, 0.3) is 0 Å². The molecule has 6 nitrogen and oxygen atoms in total. The SMILES string of the molecule is C=CNC(C=O)C(C)(C)C.CC1CC1.CCC(CC(O)CCCNC)c1ccccc1S.NC=O. The van der Waals surface area contributed by atoms with Crippen LogP contribution in [0.15, 0.2) is 41.9 Å². The molecule has 0 aliphatic heterocycles. The van der Waals surface area contributed by atoms with E-state index in [9.17, 15) is 9.90 Å². The van der Waals surface area contributed by atoms with E-state index in [1.807, 2.05) is 46.0 Å². The summed E-state index contributed by atoms with van der Waals surface area (Å²) >= 11 is 4.51. The number of carbonyl (C=O) groups is 2. The Morgan fingerprint density at radius 1 is 1.26 bits per heavy atom. The van der Waals surface area contributed by atoms with E-state index in [0.717, 1.165) is 49.3 Å². The summed E-state index contributed by atoms with van der Waals surface area (Å²) < 4.78 is 0. The predicted octanol–water partition coefficient (Wildman–Crippen LogP) is 5.07. The Kier molecular flexibility index (Phi) is 21.7. The van der Waals surface area contributed by atoms with E-state index in [-0.39, 0.29) is 24.0 Å². The van der Waals surface area contributed by atoms with Gasteiger partial charge in [-0.2, -0.15) is 0 Å². The number of rotatable bonds is 11. The minimum Gasteiger partial charge on any atom is -0.393 e. The largest absolute Gasteiger partial charge is 0.393 e. The van der Waals surface area contributed by atoms with Crippen molar-refractivity contribution in [1.82, 2.24) is 10.6 Å². The van der Waals surface area contributed by atoms with Crippen LogP contribution in [0, 0.1) is 11.3 Å². The molecule has 1 amide bonds. The van der Waals surface area contributed by atoms with E-state index < -0.39 is 0 Å². The topological polar surface area (TPSA) is 104 Å². The fourth-order valence-electron chi connectivity index (χ4n) is 3.09. The summed E-state index contributed by atoms with van der Waals surface area (Å²) in [6, 6.07) is 8.06. The van der Waals surface area contributed by atoms with E-state index in [4.69, 9.17) is 4.79 Å². The molecule has 1 aromatic carbocycles. The molecule has 1 aliphatic carbocycles. The fourth-order valence-corrected chi connectivity index (χ4v) is 3.44. The number of aliphatic hydroxyl groups is 1. The first-order chi connectivity index (χ1) is 16.5. The molecule has 0 bridgehead atoms. The van der Waals surface area contributed by atoms with Crippen LogP contribution in [0.4, 0.5) is 0 Å². The lowest BCUT2D eigenvalue weighted by Crippen LogP contribution is -2.38. The van der Waals surface area contributed by atoms with Crippen molar-refractivity contribution in [2.75, 3.05) is 13.6 Å². The number of nitrogens with two attached hydrogens (primary N) is 1. The van der Waals surface area contributed by atoms with Crippen LogP contribution in [0.25, 0.3) is 0 Å². The van der Waals surface area contributed by atoms with Gasteiger partial charge in [0.05, 0.1) is 12.1 Å². The minimum atomic E-state index is -0.212. The van der Waals surface area contributed by atoms with E-state index in [0.29, 0.717) is 5.92 Å². The highest BCUT2D eigenvalue weighted by Crippen LogP contribution is 2.30. The number of hydrogen-bond donors (Lipinski definition) is 5. The smallest absolute Gasteiger partial charge is 0.204 e. The molecular weight excluding hydrogens is 458 g/mol. The molecule has 7 heteroatoms. The second-order valence-electron chi connectivity index (χ2n) is 9.97. The van der Waals surface area contributed by atoms with Crippen molar-refractivity contribution in [2.24, 2.45) is 17.1 Å². The summed E-state index contributed by atoms with van der Waals surface area (Å²) in [6.45, 7) is 14.9. The van der Waals surface area contributed by atoms with Gasteiger partial charge in [-0.1, -0.05) is 72.2 Å². The Labute approximate surface area is 219 Å². The van der Waals surface area contributed by atoms with Gasteiger partial charge < -0.3 is 26.3 Å². The van der Waals surface area contributed by atoms with Crippen molar-refractivity contribution < 1.29 is 14.7 Å². The highest BCUT2D eigenvalue weighted by Gasteiger charge is 2.22. The average molecular weight is 510 g/mol. The number of aldehydes is 1. The summed E-state index contributed by atoms with van der Waals surface area (Å²) in [5, 5.41) is 16.1. The Bertz CT molecular complexity index is 676. The van der Waals surface area contributed by atoms with Crippen molar-refractivity contribution in [3.63, 3.8) is 0 Å². The van der Waals surface area contributed by atoms with Crippen LogP contribution in [0.2, 0.25) is 0 Å². The zero-order valence-electron chi connectivity index (χ0n) is 22.8. The van der Waals surface area contributed by atoms with Gasteiger partial charge in [0.1, 0.15) is 6.29 Å². The third-order valence-electron chi connectivity index (χ3n) is 5.62. The summed E-state index contributed by atoms with van der Waals surface area (Å²) in [6.07, 6.45) is 9.23. The van der Waals surface area contributed by atoms with Gasteiger partial charge in [0, 0.05) is 4.90 Å². The van der Waals surface area contributed by atoms with Crippen LogP contribution in [-0.2, 0) is 9.59 Å². The van der Waals surface area contributed by atoms with Crippen LogP contribution >= 0.6 is 12.6 Å². The quantitative estimate of drug-likeness (QED) is 0.163. The molecule has 3 atom stereocenters. The van der Waals surface area contributed by atoms with Crippen LogP contribution in [-0.4, -0.2) is 43.5 Å². The van der Waals surface area contributed by atoms with Gasteiger partial charge in [-0.15, -0.1) is 12.6 Å². The van der Waals surface area contributed by atoms with Gasteiger partial charge in [0.15, 0.2) is 0 Å². The van der Waals surface area contributed by atoms with Crippen molar-refractivity contribution in [1.29, 1.82) is 0 Å². The first kappa shape index (κ1) is 35.3. The highest BCUT2D eigenvalue weighted by molar-refractivity contribution is 7.80. The monoisotopic (exact) mass is 509 g/mol. The molecule has 2 rings (SSSR count). The molecule has 0 radical (unpaired) electrons. The van der Waals surface area contributed by atoms with Crippen LogP contribution in [0.3, 0.4) is 0 Å². The number of carbonyl (C=O) groups excluding carboxylic acids is 2. The van der Waals surface area contributed by atoms with Crippen molar-refractivity contribution in [3.05, 3.63) is 42.6 Å². The van der Waals surface area contributed by atoms with E-state index in [1.54, 1.807) is 6.20 Å². The average Bonchev–Trinajstić information content (AvgIpc) is 3.59. The number of amides is 1. The normalized spacial score (nSPS) is 14.7. The van der Waals surface area contributed by atoms with E-state index in [2.05, 4.69) is 55.5 Å². The maximum Gasteiger partial charge on any atom is 0.204 e. The number of nitrogens with one attached hydrogen (secondary N) is 2. The standard InChI is InChI=1S/C15H25NOS.C8H15NO.C4H8.CH3NO/c1-3-12(11-13(17)7-6-10-16-2)14-8-4-5-9-15(14)18;1-5-9-7(6-10)8(2,3)4;1-4-2-3-4;2-1-3/h4-5,8-9,12-13,16-18H,3,6-7,10-11H2,1-2H3;5-7,9H,1H2,2-4H3;4H,2-3H2,1H3;1H,(H2,2,3). The van der Waals surface area contributed by atoms with Crippen molar-refractivity contribution in [3.8, 4) is 0 Å². The summed E-state index contributed by atoms with van der Waals surface area (Å²) in [5.74, 6) is 1.49. The Balaban J connectivity index is 0. The second kappa shape index (κ2) is 21.5. The molecule has 1 fully saturated rings. The molecule has 0 spiro atoms. The Hall–Kier alpha value is -1.83. The van der Waals surface area contributed by atoms with Crippen LogP contribution in [0.1, 0.15) is 84.6 Å². The lowest BCUT2D eigenvalue weighted by Gasteiger charge is -2.25. The zero-order chi connectivity index (χ0) is 27.3. The first-order valence-electron chi connectivity index (χ1n) is 12.6. The van der Waals surface area contributed by atoms with Gasteiger partial charge in [0.2, 0.25) is 6.41 Å². The molecule has 35 heavy (non-hydrogen) atoms. The third kappa shape index (κ3) is 20.1. The first-order valence-corrected chi connectivity index (χ1v) is 13.0. The number of thiol groups is 1. The van der Waals surface area contributed by atoms with Gasteiger partial charge in [-0.05, 0) is 74.4 Å². The van der Waals surface area contributed by atoms with Gasteiger partial charge in [-0.25, -0.2) is 0 Å².